The third-order valence-electron chi connectivity index (χ3n) is 6.45. The number of rotatable bonds is 10. The van der Waals surface area contributed by atoms with Gasteiger partial charge in [-0.15, -0.1) is 0 Å². The van der Waals surface area contributed by atoms with E-state index in [9.17, 15) is 13.2 Å². The Morgan fingerprint density at radius 1 is 1.05 bits per heavy atom. The number of nitrogens with zero attached hydrogens (tertiary/aromatic N) is 3. The summed E-state index contributed by atoms with van der Waals surface area (Å²) in [5, 5.41) is 0.624. The van der Waals surface area contributed by atoms with E-state index >= 15 is 0 Å². The summed E-state index contributed by atoms with van der Waals surface area (Å²) in [6.07, 6.45) is 1.40. The van der Waals surface area contributed by atoms with Crippen LogP contribution in [-0.4, -0.2) is 67.9 Å². The van der Waals surface area contributed by atoms with E-state index in [4.69, 9.17) is 9.47 Å². The molecule has 1 aromatic heterocycles. The topological polar surface area (TPSA) is 89.0 Å². The zero-order valence-electron chi connectivity index (χ0n) is 22.7. The smallest absolute Gasteiger partial charge is 0.274 e. The van der Waals surface area contributed by atoms with Crippen molar-refractivity contribution in [2.45, 2.75) is 51.5 Å². The first-order valence-corrected chi connectivity index (χ1v) is 15.3. The number of thiazole rings is 1. The standard InChI is InChI=1S/C28H37N3O5S2/c1-19(2)17-31(18-20(3)4)38(33,34)24-9-6-21(7-10-24)27(32)30-14-12-22(13-15-30)36-28-29-25-16-23(35-5)8-11-26(25)37-28/h6-11,16,19-20,22H,12-15,17-18H2,1-5H3. The Hall–Kier alpha value is -2.69. The molecule has 0 radical (unpaired) electrons. The number of carbonyl (C=O) groups excluding carboxylic acids is 1. The van der Waals surface area contributed by atoms with Crippen LogP contribution in [0.15, 0.2) is 47.4 Å². The largest absolute Gasteiger partial charge is 0.497 e. The number of fused-ring (bicyclic) bond motifs is 1. The van der Waals surface area contributed by atoms with Gasteiger partial charge in [-0.1, -0.05) is 39.0 Å². The minimum absolute atomic E-state index is 0.0121. The number of methoxy groups -OCH3 is 1. The Balaban J connectivity index is 1.36. The normalized spacial score (nSPS) is 15.1. The molecular formula is C28H37N3O5S2. The van der Waals surface area contributed by atoms with Gasteiger partial charge in [-0.25, -0.2) is 13.4 Å². The first kappa shape index (κ1) is 28.3. The molecule has 2 heterocycles. The average molecular weight is 560 g/mol. The average Bonchev–Trinajstić information content (AvgIpc) is 3.29. The predicted molar refractivity (Wildman–Crippen MR) is 151 cm³/mol. The van der Waals surface area contributed by atoms with Crippen LogP contribution in [0.5, 0.6) is 10.9 Å². The van der Waals surface area contributed by atoms with Crippen LogP contribution in [0.3, 0.4) is 0 Å². The zero-order chi connectivity index (χ0) is 27.4. The molecule has 0 aliphatic carbocycles. The number of benzene rings is 2. The van der Waals surface area contributed by atoms with Crippen molar-refractivity contribution in [3.63, 3.8) is 0 Å². The van der Waals surface area contributed by atoms with Crippen LogP contribution in [0.25, 0.3) is 10.2 Å². The molecule has 10 heteroatoms. The molecule has 0 atom stereocenters. The number of carbonyl (C=O) groups is 1. The van der Waals surface area contributed by atoms with Gasteiger partial charge in [0, 0.05) is 50.7 Å². The fraction of sp³-hybridized carbons (Fsp3) is 0.500. The van der Waals surface area contributed by atoms with Gasteiger partial charge in [0.1, 0.15) is 11.9 Å². The molecule has 1 amide bonds. The molecule has 1 saturated heterocycles. The maximum Gasteiger partial charge on any atom is 0.274 e. The first-order valence-electron chi connectivity index (χ1n) is 13.1. The van der Waals surface area contributed by atoms with Crippen LogP contribution in [0.4, 0.5) is 0 Å². The quantitative estimate of drug-likeness (QED) is 0.335. The Labute approximate surface area is 229 Å². The number of amides is 1. The minimum atomic E-state index is -3.63. The van der Waals surface area contributed by atoms with Gasteiger partial charge in [-0.3, -0.25) is 4.79 Å². The van der Waals surface area contributed by atoms with Crippen molar-refractivity contribution in [2.24, 2.45) is 11.8 Å². The van der Waals surface area contributed by atoms with Gasteiger partial charge in [-0.05, 0) is 48.2 Å². The molecule has 1 aliphatic rings. The lowest BCUT2D eigenvalue weighted by molar-refractivity contribution is 0.0595. The molecular weight excluding hydrogens is 522 g/mol. The molecule has 0 unspecified atom stereocenters. The van der Waals surface area contributed by atoms with Crippen molar-refractivity contribution in [1.29, 1.82) is 0 Å². The monoisotopic (exact) mass is 559 g/mol. The van der Waals surface area contributed by atoms with Gasteiger partial charge in [-0.2, -0.15) is 4.31 Å². The molecule has 4 rings (SSSR count). The predicted octanol–water partition coefficient (Wildman–Crippen LogP) is 5.29. The maximum absolute atomic E-state index is 13.3. The number of aromatic nitrogens is 1. The highest BCUT2D eigenvalue weighted by Crippen LogP contribution is 2.32. The molecule has 0 saturated carbocycles. The van der Waals surface area contributed by atoms with Crippen molar-refractivity contribution < 1.29 is 22.7 Å². The number of piperidine rings is 1. The Morgan fingerprint density at radius 3 is 2.26 bits per heavy atom. The second-order valence-electron chi connectivity index (χ2n) is 10.6. The lowest BCUT2D eigenvalue weighted by Gasteiger charge is -2.31. The lowest BCUT2D eigenvalue weighted by atomic mass is 10.1. The Kier molecular flexibility index (Phi) is 8.95. The summed E-state index contributed by atoms with van der Waals surface area (Å²) in [5.74, 6) is 1.10. The van der Waals surface area contributed by atoms with Crippen LogP contribution >= 0.6 is 11.3 Å². The van der Waals surface area contributed by atoms with E-state index in [1.807, 2.05) is 45.9 Å². The summed E-state index contributed by atoms with van der Waals surface area (Å²) in [4.78, 5) is 19.7. The third kappa shape index (κ3) is 6.65. The molecule has 8 nitrogen and oxygen atoms in total. The van der Waals surface area contributed by atoms with Crippen molar-refractivity contribution in [2.75, 3.05) is 33.3 Å². The summed E-state index contributed by atoms with van der Waals surface area (Å²) < 4.78 is 40.5. The fourth-order valence-electron chi connectivity index (χ4n) is 4.57. The van der Waals surface area contributed by atoms with Gasteiger partial charge in [0.05, 0.1) is 22.2 Å². The molecule has 2 aromatic carbocycles. The van der Waals surface area contributed by atoms with Crippen molar-refractivity contribution in [3.8, 4) is 10.9 Å². The van der Waals surface area contributed by atoms with Gasteiger partial charge in [0.15, 0.2) is 0 Å². The molecule has 3 aromatic rings. The van der Waals surface area contributed by atoms with Crippen LogP contribution in [-0.2, 0) is 10.0 Å². The highest BCUT2D eigenvalue weighted by molar-refractivity contribution is 7.89. The number of sulfonamides is 1. The highest BCUT2D eigenvalue weighted by atomic mass is 32.2. The maximum atomic E-state index is 13.3. The SMILES string of the molecule is COc1ccc2sc(OC3CCN(C(=O)c4ccc(S(=O)(=O)N(CC(C)C)CC(C)C)cc4)CC3)nc2c1. The Morgan fingerprint density at radius 2 is 1.68 bits per heavy atom. The van der Waals surface area contributed by atoms with Crippen LogP contribution in [0, 0.1) is 11.8 Å². The summed E-state index contributed by atoms with van der Waals surface area (Å²) in [6, 6.07) is 12.1. The molecule has 1 fully saturated rings. The number of hydrogen-bond donors (Lipinski definition) is 0. The molecule has 0 spiro atoms. The second kappa shape index (κ2) is 12.0. The number of ether oxygens (including phenoxy) is 2. The molecule has 0 bridgehead atoms. The van der Waals surface area contributed by atoms with Crippen LogP contribution in [0.1, 0.15) is 50.9 Å². The second-order valence-corrected chi connectivity index (χ2v) is 13.5. The van der Waals surface area contributed by atoms with E-state index < -0.39 is 10.0 Å². The first-order chi connectivity index (χ1) is 18.1. The van der Waals surface area contributed by atoms with Crippen molar-refractivity contribution in [1.82, 2.24) is 14.2 Å². The lowest BCUT2D eigenvalue weighted by Crippen LogP contribution is -2.41. The fourth-order valence-corrected chi connectivity index (χ4v) is 7.20. The van der Waals surface area contributed by atoms with E-state index in [1.165, 1.54) is 11.3 Å². The highest BCUT2D eigenvalue weighted by Gasteiger charge is 2.28. The Bertz CT molecular complexity index is 1330. The minimum Gasteiger partial charge on any atom is -0.497 e. The number of likely N-dealkylation sites (tertiary alicyclic amines) is 1. The van der Waals surface area contributed by atoms with Crippen molar-refractivity contribution in [3.05, 3.63) is 48.0 Å². The summed E-state index contributed by atoms with van der Waals surface area (Å²) in [7, 11) is -2.00. The van der Waals surface area contributed by atoms with E-state index in [2.05, 4.69) is 4.98 Å². The van der Waals surface area contributed by atoms with E-state index in [0.717, 1.165) is 16.0 Å². The molecule has 1 aliphatic heterocycles. The van der Waals surface area contributed by atoms with Gasteiger partial charge < -0.3 is 14.4 Å². The summed E-state index contributed by atoms with van der Waals surface area (Å²) >= 11 is 1.50. The number of hydrogen-bond acceptors (Lipinski definition) is 7. The van der Waals surface area contributed by atoms with Crippen molar-refractivity contribution >= 4 is 37.5 Å². The van der Waals surface area contributed by atoms with Gasteiger partial charge >= 0.3 is 0 Å². The summed E-state index contributed by atoms with van der Waals surface area (Å²) in [5.41, 5.74) is 1.33. The third-order valence-corrected chi connectivity index (χ3v) is 9.22. The zero-order valence-corrected chi connectivity index (χ0v) is 24.3. The van der Waals surface area contributed by atoms with E-state index in [0.29, 0.717) is 49.8 Å². The van der Waals surface area contributed by atoms with E-state index in [1.54, 1.807) is 40.6 Å². The molecule has 0 N–H and O–H groups in total. The summed E-state index contributed by atoms with van der Waals surface area (Å²) in [6.45, 7) is 10.1. The molecule has 38 heavy (non-hydrogen) atoms. The molecule has 206 valence electrons. The van der Waals surface area contributed by atoms with Crippen LogP contribution in [0.2, 0.25) is 0 Å². The van der Waals surface area contributed by atoms with Crippen LogP contribution < -0.4 is 9.47 Å². The van der Waals surface area contributed by atoms with E-state index in [-0.39, 0.29) is 28.7 Å². The van der Waals surface area contributed by atoms with Gasteiger partial charge in [0.25, 0.3) is 11.1 Å². The van der Waals surface area contributed by atoms with Gasteiger partial charge in [0.2, 0.25) is 10.0 Å².